The number of hydrogen-bond donors (Lipinski definition) is 0. The van der Waals surface area contributed by atoms with Gasteiger partial charge in [0.05, 0.1) is 5.69 Å². The van der Waals surface area contributed by atoms with Crippen LogP contribution in [0.2, 0.25) is 0 Å². The van der Waals surface area contributed by atoms with Crippen molar-refractivity contribution < 1.29 is 0 Å². The predicted octanol–water partition coefficient (Wildman–Crippen LogP) is 3.39. The van der Waals surface area contributed by atoms with E-state index < -0.39 is 0 Å². The van der Waals surface area contributed by atoms with Gasteiger partial charge in [-0.2, -0.15) is 0 Å². The first kappa shape index (κ1) is 11.5. The minimum Gasteiger partial charge on any atom is -0.357 e. The average molecular weight is 257 g/mol. The minimum atomic E-state index is 1.02. The van der Waals surface area contributed by atoms with E-state index in [-0.39, 0.29) is 0 Å². The van der Waals surface area contributed by atoms with E-state index in [1.807, 2.05) is 6.92 Å². The normalized spacial score (nSPS) is 10.3. The van der Waals surface area contributed by atoms with Gasteiger partial charge in [-0.3, -0.25) is 0 Å². The Bertz CT molecular complexity index is 299. The monoisotopic (exact) mass is 256 g/mol. The largest absolute Gasteiger partial charge is 0.357 e. The van der Waals surface area contributed by atoms with Gasteiger partial charge in [-0.1, -0.05) is 6.92 Å². The molecule has 0 spiro atoms. The van der Waals surface area contributed by atoms with Crippen LogP contribution >= 0.6 is 15.9 Å². The number of rotatable bonds is 4. The zero-order valence-electron chi connectivity index (χ0n) is 9.05. The Morgan fingerprint density at radius 1 is 1.36 bits per heavy atom. The van der Waals surface area contributed by atoms with Crippen LogP contribution in [0, 0.1) is 6.92 Å². The highest BCUT2D eigenvalue weighted by Crippen LogP contribution is 2.18. The molecule has 3 heteroatoms. The Hall–Kier alpha value is -0.570. The third-order valence-electron chi connectivity index (χ3n) is 2.21. The fourth-order valence-electron chi connectivity index (χ4n) is 1.41. The van der Waals surface area contributed by atoms with Gasteiger partial charge in [0.2, 0.25) is 0 Å². The van der Waals surface area contributed by atoms with Gasteiger partial charge in [0.15, 0.2) is 0 Å². The second-order valence-electron chi connectivity index (χ2n) is 3.32. The number of halogens is 1. The summed E-state index contributed by atoms with van der Waals surface area (Å²) < 4.78 is 1.08. The molecule has 0 aromatic carbocycles. The van der Waals surface area contributed by atoms with E-state index in [4.69, 9.17) is 0 Å². The summed E-state index contributed by atoms with van der Waals surface area (Å²) in [4.78, 5) is 6.83. The van der Waals surface area contributed by atoms with E-state index in [9.17, 15) is 0 Å². The standard InChI is InChI=1S/C11H17BrN2/c1-4-8-14(5-2)11-7-6-10(12)9(3)13-11/h6-7H,4-5,8H2,1-3H3. The lowest BCUT2D eigenvalue weighted by molar-refractivity contribution is 0.776. The summed E-state index contributed by atoms with van der Waals surface area (Å²) in [6.45, 7) is 8.46. The van der Waals surface area contributed by atoms with E-state index in [2.05, 4.69) is 51.8 Å². The van der Waals surface area contributed by atoms with Crippen molar-refractivity contribution in [1.82, 2.24) is 4.98 Å². The fraction of sp³-hybridized carbons (Fsp3) is 0.545. The molecule has 2 nitrogen and oxygen atoms in total. The fourth-order valence-corrected chi connectivity index (χ4v) is 1.63. The molecule has 0 saturated heterocycles. The van der Waals surface area contributed by atoms with Crippen molar-refractivity contribution >= 4 is 21.7 Å². The average Bonchev–Trinajstić information content (AvgIpc) is 2.19. The second-order valence-corrected chi connectivity index (χ2v) is 4.17. The molecule has 0 atom stereocenters. The summed E-state index contributed by atoms with van der Waals surface area (Å²) in [6.07, 6.45) is 1.16. The number of anilines is 1. The molecule has 78 valence electrons. The van der Waals surface area contributed by atoms with Gasteiger partial charge < -0.3 is 4.90 Å². The first-order valence-corrected chi connectivity index (χ1v) is 5.86. The van der Waals surface area contributed by atoms with Crippen molar-refractivity contribution in [1.29, 1.82) is 0 Å². The van der Waals surface area contributed by atoms with Crippen LogP contribution < -0.4 is 4.90 Å². The highest BCUT2D eigenvalue weighted by Gasteiger charge is 2.05. The predicted molar refractivity (Wildman–Crippen MR) is 64.9 cm³/mol. The molecule has 1 rings (SSSR count). The van der Waals surface area contributed by atoms with Crippen LogP contribution in [-0.2, 0) is 0 Å². The number of nitrogens with zero attached hydrogens (tertiary/aromatic N) is 2. The van der Waals surface area contributed by atoms with Gasteiger partial charge in [-0.05, 0) is 48.3 Å². The van der Waals surface area contributed by atoms with Crippen molar-refractivity contribution in [2.24, 2.45) is 0 Å². The van der Waals surface area contributed by atoms with E-state index in [0.29, 0.717) is 0 Å². The van der Waals surface area contributed by atoms with Gasteiger partial charge in [0.25, 0.3) is 0 Å². The third kappa shape index (κ3) is 2.71. The van der Waals surface area contributed by atoms with Crippen LogP contribution in [0.5, 0.6) is 0 Å². The second kappa shape index (κ2) is 5.35. The smallest absolute Gasteiger partial charge is 0.128 e. The van der Waals surface area contributed by atoms with Crippen molar-refractivity contribution in [3.8, 4) is 0 Å². The summed E-state index contributed by atoms with van der Waals surface area (Å²) in [7, 11) is 0. The van der Waals surface area contributed by atoms with Crippen LogP contribution in [0.25, 0.3) is 0 Å². The van der Waals surface area contributed by atoms with Gasteiger partial charge in [-0.15, -0.1) is 0 Å². The quantitative estimate of drug-likeness (QED) is 0.821. The molecule has 1 aromatic rings. The lowest BCUT2D eigenvalue weighted by Crippen LogP contribution is -2.24. The van der Waals surface area contributed by atoms with E-state index in [1.165, 1.54) is 0 Å². The van der Waals surface area contributed by atoms with Crippen molar-refractivity contribution in [2.75, 3.05) is 18.0 Å². The van der Waals surface area contributed by atoms with Crippen LogP contribution in [0.1, 0.15) is 26.0 Å². The zero-order chi connectivity index (χ0) is 10.6. The third-order valence-corrected chi connectivity index (χ3v) is 3.04. The molecule has 1 heterocycles. The van der Waals surface area contributed by atoms with E-state index in [1.54, 1.807) is 0 Å². The Kier molecular flexibility index (Phi) is 4.39. The molecular weight excluding hydrogens is 240 g/mol. The highest BCUT2D eigenvalue weighted by molar-refractivity contribution is 9.10. The summed E-state index contributed by atoms with van der Waals surface area (Å²) >= 11 is 3.46. The minimum absolute atomic E-state index is 1.02. The van der Waals surface area contributed by atoms with Crippen LogP contribution in [0.4, 0.5) is 5.82 Å². The van der Waals surface area contributed by atoms with Gasteiger partial charge >= 0.3 is 0 Å². The van der Waals surface area contributed by atoms with Crippen LogP contribution in [0.3, 0.4) is 0 Å². The number of pyridine rings is 1. The van der Waals surface area contributed by atoms with E-state index in [0.717, 1.165) is 35.5 Å². The van der Waals surface area contributed by atoms with E-state index >= 15 is 0 Å². The molecule has 0 unspecified atom stereocenters. The van der Waals surface area contributed by atoms with Crippen LogP contribution in [-0.4, -0.2) is 18.1 Å². The molecule has 1 aromatic heterocycles. The molecular formula is C11H17BrN2. The Morgan fingerprint density at radius 3 is 2.57 bits per heavy atom. The Labute approximate surface area is 94.5 Å². The Morgan fingerprint density at radius 2 is 2.07 bits per heavy atom. The summed E-state index contributed by atoms with van der Waals surface area (Å²) in [5.41, 5.74) is 1.05. The molecule has 0 amide bonds. The number of aryl methyl sites for hydroxylation is 1. The van der Waals surface area contributed by atoms with Gasteiger partial charge in [0.1, 0.15) is 5.82 Å². The first-order valence-electron chi connectivity index (χ1n) is 5.07. The Balaban J connectivity index is 2.88. The first-order chi connectivity index (χ1) is 6.69. The maximum Gasteiger partial charge on any atom is 0.128 e. The lowest BCUT2D eigenvalue weighted by atomic mass is 10.3. The van der Waals surface area contributed by atoms with Gasteiger partial charge in [0, 0.05) is 17.6 Å². The van der Waals surface area contributed by atoms with Gasteiger partial charge in [-0.25, -0.2) is 4.98 Å². The molecule has 14 heavy (non-hydrogen) atoms. The van der Waals surface area contributed by atoms with Crippen LogP contribution in [0.15, 0.2) is 16.6 Å². The topological polar surface area (TPSA) is 16.1 Å². The lowest BCUT2D eigenvalue weighted by Gasteiger charge is -2.21. The zero-order valence-corrected chi connectivity index (χ0v) is 10.6. The molecule has 0 saturated carbocycles. The van der Waals surface area contributed by atoms with Crippen molar-refractivity contribution in [3.63, 3.8) is 0 Å². The van der Waals surface area contributed by atoms with Crippen molar-refractivity contribution in [2.45, 2.75) is 27.2 Å². The summed E-state index contributed by atoms with van der Waals surface area (Å²) in [6, 6.07) is 4.13. The molecule has 0 bridgehead atoms. The molecule has 0 aliphatic carbocycles. The summed E-state index contributed by atoms with van der Waals surface area (Å²) in [5, 5.41) is 0. The number of hydrogen-bond acceptors (Lipinski definition) is 2. The summed E-state index contributed by atoms with van der Waals surface area (Å²) in [5.74, 6) is 1.08. The maximum absolute atomic E-state index is 4.54. The molecule has 0 N–H and O–H groups in total. The molecule has 0 fully saturated rings. The number of aromatic nitrogens is 1. The molecule has 0 radical (unpaired) electrons. The van der Waals surface area contributed by atoms with Crippen molar-refractivity contribution in [3.05, 3.63) is 22.3 Å². The highest BCUT2D eigenvalue weighted by atomic mass is 79.9. The molecule has 0 aliphatic rings. The molecule has 0 aliphatic heterocycles. The maximum atomic E-state index is 4.54. The SMILES string of the molecule is CCCN(CC)c1ccc(Br)c(C)n1.